The number of amides is 2. The number of anilines is 1. The summed E-state index contributed by atoms with van der Waals surface area (Å²) < 4.78 is 5.32. The second kappa shape index (κ2) is 13.1. The number of aliphatic hydroxyl groups excluding tert-OH is 1. The van der Waals surface area contributed by atoms with Crippen molar-refractivity contribution in [3.05, 3.63) is 58.7 Å². The minimum Gasteiger partial charge on any atom is -0.444 e. The summed E-state index contributed by atoms with van der Waals surface area (Å²) in [5, 5.41) is 14.0. The molecule has 2 N–H and O–H groups in total. The first-order valence-electron chi connectivity index (χ1n) is 14.2. The summed E-state index contributed by atoms with van der Waals surface area (Å²) in [6, 6.07) is 11.3. The van der Waals surface area contributed by atoms with Gasteiger partial charge in [-0.1, -0.05) is 23.7 Å². The summed E-state index contributed by atoms with van der Waals surface area (Å²) in [7, 11) is 0. The topological polar surface area (TPSA) is 91.8 Å². The largest absolute Gasteiger partial charge is 0.444 e. The number of hydrogen-bond donors (Lipinski definition) is 2. The molecule has 1 saturated carbocycles. The molecular weight excluding hydrogens is 514 g/mol. The van der Waals surface area contributed by atoms with Crippen LogP contribution < -0.4 is 5.32 Å². The van der Waals surface area contributed by atoms with E-state index in [-0.39, 0.29) is 5.92 Å². The lowest BCUT2D eigenvalue weighted by Gasteiger charge is -2.37. The Labute approximate surface area is 237 Å². The lowest BCUT2D eigenvalue weighted by molar-refractivity contribution is -0.138. The number of halogens is 1. The lowest BCUT2D eigenvalue weighted by atomic mass is 9.78. The zero-order chi connectivity index (χ0) is 28.0. The van der Waals surface area contributed by atoms with Crippen LogP contribution in [-0.4, -0.2) is 45.7 Å². The molecule has 1 unspecified atom stereocenters. The number of ether oxygens (including phenoxy) is 1. The SMILES string of the molecule is CC(C)(C)OC(=O)Nc1cc(CC2CCC(C(=O)N3CCC(CC(O)c4ccc(Cl)cc4)CC3)CC2)ccn1. The summed E-state index contributed by atoms with van der Waals surface area (Å²) in [6.45, 7) is 7.04. The molecule has 1 aliphatic carbocycles. The smallest absolute Gasteiger partial charge is 0.413 e. The maximum atomic E-state index is 13.3. The van der Waals surface area contributed by atoms with Gasteiger partial charge in [0.2, 0.25) is 5.91 Å². The van der Waals surface area contributed by atoms with Gasteiger partial charge in [0.25, 0.3) is 0 Å². The normalized spacial score (nSPS) is 21.3. The third kappa shape index (κ3) is 8.94. The van der Waals surface area contributed by atoms with E-state index < -0.39 is 17.8 Å². The molecule has 4 rings (SSSR count). The fraction of sp³-hybridized carbons (Fsp3) is 0.581. The molecule has 2 amide bonds. The highest BCUT2D eigenvalue weighted by molar-refractivity contribution is 6.30. The molecule has 0 bridgehead atoms. The Kier molecular flexibility index (Phi) is 9.89. The highest BCUT2D eigenvalue weighted by Crippen LogP contribution is 2.34. The van der Waals surface area contributed by atoms with Crippen molar-refractivity contribution in [2.24, 2.45) is 17.8 Å². The Bertz CT molecular complexity index is 1100. The molecule has 39 heavy (non-hydrogen) atoms. The van der Waals surface area contributed by atoms with Crippen molar-refractivity contribution in [2.45, 2.75) is 83.8 Å². The van der Waals surface area contributed by atoms with Gasteiger partial charge in [0.15, 0.2) is 0 Å². The molecule has 1 saturated heterocycles. The number of hydrogen-bond acceptors (Lipinski definition) is 5. The molecule has 1 atom stereocenters. The molecule has 1 aromatic heterocycles. The lowest BCUT2D eigenvalue weighted by Crippen LogP contribution is -2.43. The van der Waals surface area contributed by atoms with E-state index in [1.54, 1.807) is 6.20 Å². The maximum Gasteiger partial charge on any atom is 0.413 e. The standard InChI is InChI=1S/C31H42ClN3O4/c1-31(2,3)39-30(38)34-28-20-23(12-15-33-28)18-21-4-6-25(7-5-21)29(37)35-16-13-22(14-17-35)19-27(36)24-8-10-26(32)11-9-24/h8-12,15,20-22,25,27,36H,4-7,13-14,16-19H2,1-3H3,(H,33,34,38). The van der Waals surface area contributed by atoms with Crippen molar-refractivity contribution < 1.29 is 19.4 Å². The average molecular weight is 556 g/mol. The molecule has 1 aromatic carbocycles. The Balaban J connectivity index is 1.19. The predicted octanol–water partition coefficient (Wildman–Crippen LogP) is 6.79. The second-order valence-electron chi connectivity index (χ2n) is 12.2. The molecule has 7 nitrogen and oxygen atoms in total. The van der Waals surface area contributed by atoms with Crippen LogP contribution in [0.25, 0.3) is 0 Å². The first-order valence-corrected chi connectivity index (χ1v) is 14.6. The van der Waals surface area contributed by atoms with E-state index in [2.05, 4.69) is 10.3 Å². The van der Waals surface area contributed by atoms with Crippen LogP contribution in [0.15, 0.2) is 42.6 Å². The van der Waals surface area contributed by atoms with Gasteiger partial charge in [0.1, 0.15) is 11.4 Å². The molecule has 2 aliphatic rings. The molecule has 2 heterocycles. The van der Waals surface area contributed by atoms with Gasteiger partial charge in [-0.2, -0.15) is 0 Å². The van der Waals surface area contributed by atoms with E-state index in [1.165, 1.54) is 0 Å². The minimum absolute atomic E-state index is 0.110. The molecule has 1 aliphatic heterocycles. The van der Waals surface area contributed by atoms with Gasteiger partial charge in [-0.05, 0) is 119 Å². The number of nitrogens with one attached hydrogen (secondary N) is 1. The van der Waals surface area contributed by atoms with E-state index in [0.29, 0.717) is 28.6 Å². The van der Waals surface area contributed by atoms with E-state index in [1.807, 2.05) is 62.1 Å². The summed E-state index contributed by atoms with van der Waals surface area (Å²) in [4.78, 5) is 31.6. The van der Waals surface area contributed by atoms with E-state index in [0.717, 1.165) is 75.6 Å². The van der Waals surface area contributed by atoms with Gasteiger partial charge < -0.3 is 14.7 Å². The third-order valence-corrected chi connectivity index (χ3v) is 8.16. The maximum absolute atomic E-state index is 13.3. The highest BCUT2D eigenvalue weighted by Gasteiger charge is 2.32. The van der Waals surface area contributed by atoms with Gasteiger partial charge >= 0.3 is 6.09 Å². The van der Waals surface area contributed by atoms with Crippen LogP contribution in [0.4, 0.5) is 10.6 Å². The van der Waals surface area contributed by atoms with Crippen LogP contribution in [0, 0.1) is 17.8 Å². The second-order valence-corrected chi connectivity index (χ2v) is 12.6. The van der Waals surface area contributed by atoms with Crippen LogP contribution >= 0.6 is 11.6 Å². The summed E-state index contributed by atoms with van der Waals surface area (Å²) in [5.74, 6) is 1.85. The van der Waals surface area contributed by atoms with Crippen molar-refractivity contribution in [1.29, 1.82) is 0 Å². The summed E-state index contributed by atoms with van der Waals surface area (Å²) >= 11 is 5.96. The monoisotopic (exact) mass is 555 g/mol. The number of pyridine rings is 1. The third-order valence-electron chi connectivity index (χ3n) is 7.91. The number of carbonyl (C=O) groups excluding carboxylic acids is 2. The summed E-state index contributed by atoms with van der Waals surface area (Å²) in [5.41, 5.74) is 1.47. The highest BCUT2D eigenvalue weighted by atomic mass is 35.5. The van der Waals surface area contributed by atoms with Crippen LogP contribution in [0.3, 0.4) is 0 Å². The van der Waals surface area contributed by atoms with Crippen molar-refractivity contribution in [3.63, 3.8) is 0 Å². The van der Waals surface area contributed by atoms with Crippen molar-refractivity contribution in [2.75, 3.05) is 18.4 Å². The van der Waals surface area contributed by atoms with E-state index in [9.17, 15) is 14.7 Å². The zero-order valence-electron chi connectivity index (χ0n) is 23.4. The van der Waals surface area contributed by atoms with Crippen molar-refractivity contribution in [1.82, 2.24) is 9.88 Å². The molecule has 0 radical (unpaired) electrons. The number of aliphatic hydroxyl groups is 1. The predicted molar refractivity (Wildman–Crippen MR) is 154 cm³/mol. The van der Waals surface area contributed by atoms with Gasteiger partial charge in [-0.15, -0.1) is 0 Å². The van der Waals surface area contributed by atoms with Crippen molar-refractivity contribution >= 4 is 29.4 Å². The molecular formula is C31H42ClN3O4. The Morgan fingerprint density at radius 3 is 2.36 bits per heavy atom. The fourth-order valence-electron chi connectivity index (χ4n) is 5.81. The number of aromatic nitrogens is 1. The quantitative estimate of drug-likeness (QED) is 0.392. The molecule has 212 valence electrons. The van der Waals surface area contributed by atoms with Gasteiger partial charge in [-0.25, -0.2) is 9.78 Å². The Morgan fingerprint density at radius 1 is 1.05 bits per heavy atom. The number of likely N-dealkylation sites (tertiary alicyclic amines) is 1. The first-order chi connectivity index (χ1) is 18.6. The number of piperidine rings is 1. The van der Waals surface area contributed by atoms with Crippen LogP contribution in [0.1, 0.15) is 82.9 Å². The average Bonchev–Trinajstić information content (AvgIpc) is 2.88. The van der Waals surface area contributed by atoms with Crippen LogP contribution in [0.5, 0.6) is 0 Å². The number of nitrogens with zero attached hydrogens (tertiary/aromatic N) is 2. The molecule has 0 spiro atoms. The van der Waals surface area contributed by atoms with Gasteiger partial charge in [0.05, 0.1) is 6.10 Å². The Hall–Kier alpha value is -2.64. The van der Waals surface area contributed by atoms with Crippen LogP contribution in [0.2, 0.25) is 5.02 Å². The van der Waals surface area contributed by atoms with E-state index >= 15 is 0 Å². The number of benzene rings is 1. The summed E-state index contributed by atoms with van der Waals surface area (Å²) in [6.07, 6.45) is 8.12. The van der Waals surface area contributed by atoms with Crippen LogP contribution in [-0.2, 0) is 16.0 Å². The molecule has 2 aromatic rings. The van der Waals surface area contributed by atoms with Gasteiger partial charge in [-0.3, -0.25) is 10.1 Å². The van der Waals surface area contributed by atoms with E-state index in [4.69, 9.17) is 16.3 Å². The minimum atomic E-state index is -0.561. The number of rotatable bonds is 7. The molecule has 8 heteroatoms. The molecule has 2 fully saturated rings. The number of carbonyl (C=O) groups is 2. The first kappa shape index (κ1) is 29.3. The Morgan fingerprint density at radius 2 is 1.72 bits per heavy atom. The van der Waals surface area contributed by atoms with Gasteiger partial charge in [0, 0.05) is 30.2 Å². The van der Waals surface area contributed by atoms with Crippen molar-refractivity contribution in [3.8, 4) is 0 Å². The fourth-order valence-corrected chi connectivity index (χ4v) is 5.93. The zero-order valence-corrected chi connectivity index (χ0v) is 24.1.